The first kappa shape index (κ1) is 19.6. The number of benzene rings is 2. The summed E-state index contributed by atoms with van der Waals surface area (Å²) >= 11 is 0. The van der Waals surface area contributed by atoms with Gasteiger partial charge in [0.05, 0.1) is 22.3 Å². The largest absolute Gasteiger partial charge is 0.431 e. The van der Waals surface area contributed by atoms with Gasteiger partial charge in [-0.05, 0) is 32.0 Å². The van der Waals surface area contributed by atoms with Crippen molar-refractivity contribution in [3.05, 3.63) is 83.5 Å². The molecule has 0 fully saturated rings. The number of rotatable bonds is 4. The molecule has 0 atom stereocenters. The van der Waals surface area contributed by atoms with E-state index in [2.05, 4.69) is 20.4 Å². The molecule has 1 amide bonds. The number of halogens is 1. The molecule has 0 aliphatic carbocycles. The first-order valence-corrected chi connectivity index (χ1v) is 9.85. The van der Waals surface area contributed by atoms with Crippen LogP contribution in [0.4, 0.5) is 10.4 Å². The Morgan fingerprint density at radius 3 is 2.56 bits per heavy atom. The lowest BCUT2D eigenvalue weighted by Crippen LogP contribution is -2.13. The van der Waals surface area contributed by atoms with E-state index in [1.165, 1.54) is 12.3 Å². The summed E-state index contributed by atoms with van der Waals surface area (Å²) in [5.41, 5.74) is 4.17. The van der Waals surface area contributed by atoms with E-state index in [4.69, 9.17) is 8.94 Å². The number of amides is 1. The molecule has 3 heterocycles. The Balaban J connectivity index is 1.51. The maximum atomic E-state index is 14.0. The molecule has 0 bridgehead atoms. The SMILES string of the molecule is Cc1ccc(-c2cc(C(=O)Nc3nc(-c4ccccc4F)co3)c3c(C)noc3n2)cc1. The van der Waals surface area contributed by atoms with Crippen molar-refractivity contribution >= 4 is 23.0 Å². The third-order valence-corrected chi connectivity index (χ3v) is 5.08. The number of carbonyl (C=O) groups excluding carboxylic acids is 1. The Kier molecular flexibility index (Phi) is 4.74. The number of carbonyl (C=O) groups is 1. The lowest BCUT2D eigenvalue weighted by Gasteiger charge is -2.07. The monoisotopic (exact) mass is 428 g/mol. The molecular formula is C24H17FN4O3. The summed E-state index contributed by atoms with van der Waals surface area (Å²) in [6.45, 7) is 3.72. The molecule has 0 spiro atoms. The summed E-state index contributed by atoms with van der Waals surface area (Å²) in [5.74, 6) is -0.906. The topological polar surface area (TPSA) is 94.1 Å². The molecule has 8 heteroatoms. The molecule has 0 saturated heterocycles. The fourth-order valence-electron chi connectivity index (χ4n) is 3.43. The standard InChI is InChI=1S/C24H17FN4O3/c1-13-7-9-15(10-8-13)19-11-17(21-14(2)29-32-23(21)26-19)22(30)28-24-27-20(12-31-24)16-5-3-4-6-18(16)25/h3-12H,1-2H3,(H,27,28,30). The molecule has 0 saturated carbocycles. The van der Waals surface area contributed by atoms with Crippen molar-refractivity contribution in [2.45, 2.75) is 13.8 Å². The van der Waals surface area contributed by atoms with Crippen LogP contribution < -0.4 is 5.32 Å². The number of hydrogen-bond acceptors (Lipinski definition) is 6. The molecule has 0 aliphatic heterocycles. The van der Waals surface area contributed by atoms with Gasteiger partial charge in [0.25, 0.3) is 11.6 Å². The zero-order chi connectivity index (χ0) is 22.2. The molecular weight excluding hydrogens is 411 g/mol. The van der Waals surface area contributed by atoms with Crippen molar-refractivity contribution in [1.29, 1.82) is 0 Å². The van der Waals surface area contributed by atoms with E-state index in [9.17, 15) is 9.18 Å². The van der Waals surface area contributed by atoms with E-state index < -0.39 is 11.7 Å². The predicted octanol–water partition coefficient (Wildman–Crippen LogP) is 5.55. The van der Waals surface area contributed by atoms with Gasteiger partial charge in [-0.2, -0.15) is 4.98 Å². The highest BCUT2D eigenvalue weighted by molar-refractivity contribution is 6.12. The van der Waals surface area contributed by atoms with Crippen LogP contribution in [0.5, 0.6) is 0 Å². The highest BCUT2D eigenvalue weighted by Crippen LogP contribution is 2.29. The smallest absolute Gasteiger partial charge is 0.302 e. The van der Waals surface area contributed by atoms with Crippen LogP contribution in [-0.2, 0) is 0 Å². The van der Waals surface area contributed by atoms with Crippen LogP contribution in [0, 0.1) is 19.7 Å². The van der Waals surface area contributed by atoms with Crippen molar-refractivity contribution in [3.8, 4) is 22.5 Å². The van der Waals surface area contributed by atoms with Gasteiger partial charge in [-0.1, -0.05) is 47.1 Å². The third-order valence-electron chi connectivity index (χ3n) is 5.08. The quantitative estimate of drug-likeness (QED) is 0.403. The van der Waals surface area contributed by atoms with E-state index in [1.807, 2.05) is 31.2 Å². The summed E-state index contributed by atoms with van der Waals surface area (Å²) in [7, 11) is 0. The molecule has 1 N–H and O–H groups in total. The van der Waals surface area contributed by atoms with Gasteiger partial charge in [0.1, 0.15) is 17.8 Å². The van der Waals surface area contributed by atoms with Crippen LogP contribution in [0.2, 0.25) is 0 Å². The summed E-state index contributed by atoms with van der Waals surface area (Å²) in [5, 5.41) is 7.08. The Bertz CT molecular complexity index is 1450. The molecule has 0 unspecified atom stereocenters. The van der Waals surface area contributed by atoms with Crippen LogP contribution in [0.1, 0.15) is 21.6 Å². The highest BCUT2D eigenvalue weighted by Gasteiger charge is 2.21. The van der Waals surface area contributed by atoms with E-state index in [1.54, 1.807) is 31.2 Å². The second kappa shape index (κ2) is 7.73. The highest BCUT2D eigenvalue weighted by atomic mass is 19.1. The number of fused-ring (bicyclic) bond motifs is 1. The molecule has 0 radical (unpaired) electrons. The normalized spacial score (nSPS) is 11.1. The molecule has 3 aromatic heterocycles. The number of nitrogens with zero attached hydrogens (tertiary/aromatic N) is 3. The van der Waals surface area contributed by atoms with Gasteiger partial charge in [-0.25, -0.2) is 9.37 Å². The Morgan fingerprint density at radius 2 is 1.78 bits per heavy atom. The number of anilines is 1. The summed E-state index contributed by atoms with van der Waals surface area (Å²) < 4.78 is 24.7. The van der Waals surface area contributed by atoms with Crippen molar-refractivity contribution in [2.24, 2.45) is 0 Å². The van der Waals surface area contributed by atoms with Gasteiger partial charge >= 0.3 is 6.01 Å². The van der Waals surface area contributed by atoms with Crippen LogP contribution in [0.15, 0.2) is 69.8 Å². The van der Waals surface area contributed by atoms with Gasteiger partial charge in [-0.3, -0.25) is 10.1 Å². The lowest BCUT2D eigenvalue weighted by atomic mass is 10.0. The molecule has 0 aliphatic rings. The number of nitrogens with one attached hydrogen (secondary N) is 1. The zero-order valence-electron chi connectivity index (χ0n) is 17.2. The van der Waals surface area contributed by atoms with E-state index >= 15 is 0 Å². The third kappa shape index (κ3) is 3.51. The van der Waals surface area contributed by atoms with Crippen molar-refractivity contribution in [3.63, 3.8) is 0 Å². The van der Waals surface area contributed by atoms with E-state index in [0.717, 1.165) is 11.1 Å². The van der Waals surface area contributed by atoms with E-state index in [0.29, 0.717) is 22.3 Å². The molecule has 32 heavy (non-hydrogen) atoms. The minimum Gasteiger partial charge on any atom is -0.431 e. The van der Waals surface area contributed by atoms with Crippen LogP contribution >= 0.6 is 0 Å². The Hall–Kier alpha value is -4.33. The minimum absolute atomic E-state index is 0.0517. The molecule has 5 rings (SSSR count). The van der Waals surface area contributed by atoms with Gasteiger partial charge in [0, 0.05) is 11.1 Å². The maximum Gasteiger partial charge on any atom is 0.302 e. The molecule has 5 aromatic rings. The number of oxazole rings is 1. The number of pyridine rings is 1. The number of hydrogen-bond donors (Lipinski definition) is 1. The first-order chi connectivity index (χ1) is 15.5. The van der Waals surface area contributed by atoms with Gasteiger partial charge in [-0.15, -0.1) is 0 Å². The van der Waals surface area contributed by atoms with Crippen LogP contribution in [0.3, 0.4) is 0 Å². The molecule has 7 nitrogen and oxygen atoms in total. The van der Waals surface area contributed by atoms with Crippen molar-refractivity contribution < 1.29 is 18.1 Å². The fourth-order valence-corrected chi connectivity index (χ4v) is 3.43. The summed E-state index contributed by atoms with van der Waals surface area (Å²) in [4.78, 5) is 21.8. The Labute approximate surface area is 181 Å². The number of aromatic nitrogens is 3. The second-order valence-corrected chi connectivity index (χ2v) is 7.34. The summed E-state index contributed by atoms with van der Waals surface area (Å²) in [6.07, 6.45) is 1.29. The van der Waals surface area contributed by atoms with Gasteiger partial charge in [0.2, 0.25) is 0 Å². The summed E-state index contributed by atoms with van der Waals surface area (Å²) in [6, 6.07) is 15.6. The predicted molar refractivity (Wildman–Crippen MR) is 117 cm³/mol. The second-order valence-electron chi connectivity index (χ2n) is 7.34. The molecule has 2 aromatic carbocycles. The van der Waals surface area contributed by atoms with Crippen molar-refractivity contribution in [1.82, 2.24) is 15.1 Å². The maximum absolute atomic E-state index is 14.0. The van der Waals surface area contributed by atoms with Crippen LogP contribution in [-0.4, -0.2) is 21.0 Å². The molecule has 158 valence electrons. The first-order valence-electron chi connectivity index (χ1n) is 9.85. The average Bonchev–Trinajstić information content (AvgIpc) is 3.41. The van der Waals surface area contributed by atoms with E-state index in [-0.39, 0.29) is 23.0 Å². The fraction of sp³-hybridized carbons (Fsp3) is 0.0833. The average molecular weight is 428 g/mol. The van der Waals surface area contributed by atoms with Crippen molar-refractivity contribution in [2.75, 3.05) is 5.32 Å². The minimum atomic E-state index is -0.473. The van der Waals surface area contributed by atoms with Crippen LogP contribution in [0.25, 0.3) is 33.6 Å². The van der Waals surface area contributed by atoms with Gasteiger partial charge < -0.3 is 8.94 Å². The zero-order valence-corrected chi connectivity index (χ0v) is 17.2. The lowest BCUT2D eigenvalue weighted by molar-refractivity contribution is 0.102. The Morgan fingerprint density at radius 1 is 1.00 bits per heavy atom. The van der Waals surface area contributed by atoms with Gasteiger partial charge in [0.15, 0.2) is 0 Å². The number of aryl methyl sites for hydroxylation is 2.